The number of likely N-dealkylation sites (tertiary alicyclic amines) is 1. The maximum absolute atomic E-state index is 12.4. The van der Waals surface area contributed by atoms with E-state index in [1.165, 1.54) is 12.1 Å². The van der Waals surface area contributed by atoms with Crippen LogP contribution in [0.1, 0.15) is 41.3 Å². The molecule has 2 amide bonds. The summed E-state index contributed by atoms with van der Waals surface area (Å²) in [5, 5.41) is 11.5. The van der Waals surface area contributed by atoms with Crippen molar-refractivity contribution in [2.75, 3.05) is 6.54 Å². The minimum atomic E-state index is -1.16. The molecule has 0 aliphatic carbocycles. The lowest BCUT2D eigenvalue weighted by Crippen LogP contribution is -2.33. The highest BCUT2D eigenvalue weighted by atomic mass is 16.4. The molecule has 26 heavy (non-hydrogen) atoms. The van der Waals surface area contributed by atoms with E-state index in [1.807, 2.05) is 37.3 Å². The molecule has 1 fully saturated rings. The number of carboxylic acids is 1. The molecule has 0 unspecified atom stereocenters. The van der Waals surface area contributed by atoms with E-state index in [-0.39, 0.29) is 36.6 Å². The van der Waals surface area contributed by atoms with E-state index in [0.717, 1.165) is 5.56 Å². The molecular weight excluding hydrogens is 336 g/mol. The van der Waals surface area contributed by atoms with Crippen LogP contribution in [-0.4, -0.2) is 34.3 Å². The van der Waals surface area contributed by atoms with Crippen molar-refractivity contribution in [2.45, 2.75) is 25.9 Å². The second-order valence-corrected chi connectivity index (χ2v) is 6.32. The van der Waals surface area contributed by atoms with Crippen LogP contribution in [0.4, 0.5) is 0 Å². The van der Waals surface area contributed by atoms with Crippen molar-refractivity contribution < 1.29 is 23.9 Å². The van der Waals surface area contributed by atoms with Crippen LogP contribution >= 0.6 is 0 Å². The van der Waals surface area contributed by atoms with E-state index >= 15 is 0 Å². The smallest absolute Gasteiger partial charge is 0.371 e. The number of carbonyl (C=O) groups is 3. The minimum absolute atomic E-state index is 0.0485. The summed E-state index contributed by atoms with van der Waals surface area (Å²) < 4.78 is 5.10. The number of nitrogens with zero attached hydrogens (tertiary/aromatic N) is 1. The second kappa shape index (κ2) is 7.43. The summed E-state index contributed by atoms with van der Waals surface area (Å²) in [6, 6.07) is 12.4. The first-order valence-electron chi connectivity index (χ1n) is 8.40. The van der Waals surface area contributed by atoms with Crippen LogP contribution in [0.15, 0.2) is 46.9 Å². The van der Waals surface area contributed by atoms with Crippen molar-refractivity contribution in [2.24, 2.45) is 5.92 Å². The van der Waals surface area contributed by atoms with Gasteiger partial charge in [-0.15, -0.1) is 0 Å². The molecule has 1 aliphatic rings. The molecule has 1 aliphatic heterocycles. The first-order chi connectivity index (χ1) is 12.5. The molecular formula is C19H20N2O5. The third-order valence-electron chi connectivity index (χ3n) is 4.59. The fourth-order valence-electron chi connectivity index (χ4n) is 3.10. The van der Waals surface area contributed by atoms with Crippen LogP contribution in [0.2, 0.25) is 0 Å². The van der Waals surface area contributed by atoms with Gasteiger partial charge >= 0.3 is 5.97 Å². The highest BCUT2D eigenvalue weighted by molar-refractivity contribution is 5.89. The van der Waals surface area contributed by atoms with Gasteiger partial charge in [0.25, 0.3) is 0 Å². The van der Waals surface area contributed by atoms with Crippen molar-refractivity contribution in [3.05, 3.63) is 59.5 Å². The van der Waals surface area contributed by atoms with Gasteiger partial charge in [-0.2, -0.15) is 0 Å². The molecule has 0 spiro atoms. The molecule has 2 atom stereocenters. The number of rotatable bonds is 6. The predicted octanol–water partition coefficient (Wildman–Crippen LogP) is 2.20. The van der Waals surface area contributed by atoms with Gasteiger partial charge in [0.2, 0.25) is 17.6 Å². The Balaban J connectivity index is 1.57. The van der Waals surface area contributed by atoms with Gasteiger partial charge in [-0.1, -0.05) is 30.3 Å². The minimum Gasteiger partial charge on any atom is -0.475 e. The highest BCUT2D eigenvalue weighted by Gasteiger charge is 2.36. The Bertz CT molecular complexity index is 814. The molecule has 2 heterocycles. The van der Waals surface area contributed by atoms with Crippen LogP contribution in [0.3, 0.4) is 0 Å². The Hall–Kier alpha value is -3.09. The maximum Gasteiger partial charge on any atom is 0.371 e. The summed E-state index contributed by atoms with van der Waals surface area (Å²) in [6.45, 7) is 2.40. The molecule has 7 heteroatoms. The van der Waals surface area contributed by atoms with Crippen molar-refractivity contribution in [1.82, 2.24) is 10.2 Å². The van der Waals surface area contributed by atoms with Gasteiger partial charge < -0.3 is 19.7 Å². The van der Waals surface area contributed by atoms with Crippen LogP contribution < -0.4 is 5.32 Å². The third kappa shape index (κ3) is 3.77. The standard InChI is InChI=1S/C19H20N2O5/c1-12(13-5-3-2-4-6-13)21-11-14(9-17(21)22)18(23)20-10-15-7-8-16(26-15)19(24)25/h2-8,12,14H,9-11H2,1H3,(H,20,23)(H,24,25)/t12-,14-/m1/s1. The molecule has 2 aromatic rings. The summed E-state index contributed by atoms with van der Waals surface area (Å²) in [5.41, 5.74) is 1.03. The largest absolute Gasteiger partial charge is 0.475 e. The molecule has 0 saturated carbocycles. The highest BCUT2D eigenvalue weighted by Crippen LogP contribution is 2.28. The number of carbonyl (C=O) groups excluding carboxylic acids is 2. The SMILES string of the molecule is C[C@H](c1ccccc1)N1C[C@H](C(=O)NCc2ccc(C(=O)O)o2)CC1=O. The molecule has 7 nitrogen and oxygen atoms in total. The molecule has 1 saturated heterocycles. The number of aromatic carboxylic acids is 1. The fraction of sp³-hybridized carbons (Fsp3) is 0.316. The molecule has 1 aromatic carbocycles. The fourth-order valence-corrected chi connectivity index (χ4v) is 3.10. The van der Waals surface area contributed by atoms with Gasteiger partial charge in [-0.3, -0.25) is 9.59 Å². The number of nitrogens with one attached hydrogen (secondary N) is 1. The van der Waals surface area contributed by atoms with Crippen LogP contribution in [-0.2, 0) is 16.1 Å². The molecule has 0 bridgehead atoms. The molecule has 0 radical (unpaired) electrons. The molecule has 136 valence electrons. The number of furan rings is 1. The summed E-state index contributed by atoms with van der Waals surface area (Å²) in [6.07, 6.45) is 0.168. The number of benzene rings is 1. The Morgan fingerprint density at radius 1 is 1.27 bits per heavy atom. The van der Waals surface area contributed by atoms with E-state index in [9.17, 15) is 14.4 Å². The van der Waals surface area contributed by atoms with Crippen molar-refractivity contribution in [3.63, 3.8) is 0 Å². The van der Waals surface area contributed by atoms with Gasteiger partial charge in [0, 0.05) is 13.0 Å². The third-order valence-corrected chi connectivity index (χ3v) is 4.59. The van der Waals surface area contributed by atoms with Gasteiger partial charge in [0.1, 0.15) is 5.76 Å². The van der Waals surface area contributed by atoms with Crippen molar-refractivity contribution in [3.8, 4) is 0 Å². The first kappa shape index (κ1) is 17.7. The lowest BCUT2D eigenvalue weighted by atomic mass is 10.1. The van der Waals surface area contributed by atoms with Crippen LogP contribution in [0.25, 0.3) is 0 Å². The first-order valence-corrected chi connectivity index (χ1v) is 8.40. The average Bonchev–Trinajstić information content (AvgIpc) is 3.27. The molecule has 3 rings (SSSR count). The van der Waals surface area contributed by atoms with Gasteiger partial charge in [0.15, 0.2) is 0 Å². The Labute approximate surface area is 150 Å². The van der Waals surface area contributed by atoms with E-state index in [2.05, 4.69) is 5.32 Å². The second-order valence-electron chi connectivity index (χ2n) is 6.32. The van der Waals surface area contributed by atoms with Crippen molar-refractivity contribution >= 4 is 17.8 Å². The Kier molecular flexibility index (Phi) is 5.06. The number of carboxylic acid groups (broad SMARTS) is 1. The Morgan fingerprint density at radius 2 is 2.00 bits per heavy atom. The molecule has 1 aromatic heterocycles. The van der Waals surface area contributed by atoms with Gasteiger partial charge in [-0.05, 0) is 24.6 Å². The summed E-state index contributed by atoms with van der Waals surface area (Å²) in [4.78, 5) is 37.2. The van der Waals surface area contributed by atoms with E-state index in [0.29, 0.717) is 12.3 Å². The summed E-state index contributed by atoms with van der Waals surface area (Å²) in [7, 11) is 0. The maximum atomic E-state index is 12.4. The number of hydrogen-bond donors (Lipinski definition) is 2. The normalized spacial score (nSPS) is 18.0. The number of amides is 2. The zero-order chi connectivity index (χ0) is 18.7. The van der Waals surface area contributed by atoms with Crippen LogP contribution in [0.5, 0.6) is 0 Å². The van der Waals surface area contributed by atoms with Gasteiger partial charge in [0.05, 0.1) is 18.5 Å². The lowest BCUT2D eigenvalue weighted by molar-refractivity contribution is -0.130. The lowest BCUT2D eigenvalue weighted by Gasteiger charge is -2.25. The van der Waals surface area contributed by atoms with E-state index in [1.54, 1.807) is 4.90 Å². The molecule has 2 N–H and O–H groups in total. The van der Waals surface area contributed by atoms with Crippen molar-refractivity contribution in [1.29, 1.82) is 0 Å². The monoisotopic (exact) mass is 356 g/mol. The Morgan fingerprint density at radius 3 is 2.65 bits per heavy atom. The topological polar surface area (TPSA) is 99.8 Å². The zero-order valence-corrected chi connectivity index (χ0v) is 14.3. The van der Waals surface area contributed by atoms with E-state index in [4.69, 9.17) is 9.52 Å². The van der Waals surface area contributed by atoms with Crippen LogP contribution in [0, 0.1) is 5.92 Å². The predicted molar refractivity (Wildman–Crippen MR) is 92.2 cm³/mol. The van der Waals surface area contributed by atoms with Gasteiger partial charge in [-0.25, -0.2) is 4.79 Å². The summed E-state index contributed by atoms with van der Waals surface area (Å²) in [5.74, 6) is -1.69. The average molecular weight is 356 g/mol. The number of hydrogen-bond acceptors (Lipinski definition) is 4. The van der Waals surface area contributed by atoms with E-state index < -0.39 is 11.9 Å². The summed E-state index contributed by atoms with van der Waals surface area (Å²) >= 11 is 0. The quantitative estimate of drug-likeness (QED) is 0.826. The zero-order valence-electron chi connectivity index (χ0n) is 14.3.